The summed E-state index contributed by atoms with van der Waals surface area (Å²) in [5.41, 5.74) is 0.518. The highest BCUT2D eigenvalue weighted by molar-refractivity contribution is 14.1. The molecule has 0 bridgehead atoms. The molecule has 0 radical (unpaired) electrons. The van der Waals surface area contributed by atoms with Crippen molar-refractivity contribution in [1.82, 2.24) is 5.43 Å². The molecule has 0 aliphatic heterocycles. The number of methoxy groups -OCH3 is 1. The Bertz CT molecular complexity index is 757. The normalized spacial score (nSPS) is 12.8. The van der Waals surface area contributed by atoms with E-state index in [0.29, 0.717) is 15.2 Å². The zero-order chi connectivity index (χ0) is 22.5. The lowest BCUT2D eigenvalue weighted by atomic mass is 10.2. The minimum Gasteiger partial charge on any atom is -0.493 e. The average molecular weight is 546 g/mol. The predicted molar refractivity (Wildman–Crippen MR) is 94.5 cm³/mol. The molecule has 29 heavy (non-hydrogen) atoms. The van der Waals surface area contributed by atoms with Gasteiger partial charge in [0.2, 0.25) is 0 Å². The lowest BCUT2D eigenvalue weighted by Crippen LogP contribution is -2.58. The number of benzene rings is 1. The first kappa shape index (κ1) is 25.0. The van der Waals surface area contributed by atoms with Crippen molar-refractivity contribution < 1.29 is 49.7 Å². The summed E-state index contributed by atoms with van der Waals surface area (Å²) in [4.78, 5) is 11.3. The lowest BCUT2D eigenvalue weighted by Gasteiger charge is -2.27. The molecule has 0 aliphatic carbocycles. The Balaban J connectivity index is 2.98. The van der Waals surface area contributed by atoms with Crippen molar-refractivity contribution >= 4 is 34.8 Å². The van der Waals surface area contributed by atoms with Gasteiger partial charge in [0.15, 0.2) is 18.1 Å². The highest BCUT2D eigenvalue weighted by Crippen LogP contribution is 2.45. The highest BCUT2D eigenvalue weighted by Gasteiger charge is 2.73. The van der Waals surface area contributed by atoms with Gasteiger partial charge in [-0.1, -0.05) is 0 Å². The number of nitrogens with zero attached hydrogens (tertiary/aromatic N) is 1. The maximum absolute atomic E-state index is 13.1. The summed E-state index contributed by atoms with van der Waals surface area (Å²) in [6.45, 7) is 1.28. The van der Waals surface area contributed by atoms with E-state index in [9.17, 15) is 35.5 Å². The van der Waals surface area contributed by atoms with E-state index in [1.807, 2.05) is 0 Å². The predicted octanol–water partition coefficient (Wildman–Crippen LogP) is 3.96. The van der Waals surface area contributed by atoms with E-state index >= 15 is 0 Å². The topological polar surface area (TPSA) is 69.2 Å². The van der Waals surface area contributed by atoms with Crippen molar-refractivity contribution in [2.75, 3.05) is 20.3 Å². The minimum absolute atomic E-state index is 0.00774. The van der Waals surface area contributed by atoms with Gasteiger partial charge in [-0.2, -0.15) is 35.8 Å². The van der Waals surface area contributed by atoms with Crippen LogP contribution in [0.3, 0.4) is 0 Å². The van der Waals surface area contributed by atoms with Crippen LogP contribution in [0.2, 0.25) is 0 Å². The smallest absolute Gasteiger partial charge is 0.462 e. The molecular weight excluding hydrogens is 532 g/mol. The van der Waals surface area contributed by atoms with Crippen molar-refractivity contribution in [3.05, 3.63) is 21.3 Å². The van der Waals surface area contributed by atoms with Crippen molar-refractivity contribution in [3.8, 4) is 11.5 Å². The second kappa shape index (κ2) is 9.67. The first-order chi connectivity index (χ1) is 13.3. The molecule has 1 rings (SSSR count). The van der Waals surface area contributed by atoms with Crippen molar-refractivity contribution in [3.63, 3.8) is 0 Å². The molecule has 1 aromatic rings. The van der Waals surface area contributed by atoms with Gasteiger partial charge < -0.3 is 14.2 Å². The Morgan fingerprint density at radius 3 is 2.34 bits per heavy atom. The molecular formula is C15H14F7IN2O4. The molecule has 1 N–H and O–H groups in total. The van der Waals surface area contributed by atoms with Crippen LogP contribution in [0.4, 0.5) is 30.7 Å². The van der Waals surface area contributed by atoms with Crippen LogP contribution >= 0.6 is 22.6 Å². The maximum atomic E-state index is 13.1. The van der Waals surface area contributed by atoms with E-state index in [1.54, 1.807) is 29.5 Å². The second-order valence-corrected chi connectivity index (χ2v) is 6.31. The van der Waals surface area contributed by atoms with Crippen molar-refractivity contribution in [1.29, 1.82) is 0 Å². The fourth-order valence-electron chi connectivity index (χ4n) is 1.72. The number of carbonyl (C=O) groups excluding carboxylic acids is 1. The van der Waals surface area contributed by atoms with Crippen LogP contribution in [0.25, 0.3) is 0 Å². The quantitative estimate of drug-likeness (QED) is 0.127. The number of alkyl halides is 7. The fraction of sp³-hybridized carbons (Fsp3) is 0.467. The lowest BCUT2D eigenvalue weighted by molar-refractivity contribution is -0.361. The van der Waals surface area contributed by atoms with Crippen LogP contribution in [-0.2, 0) is 9.53 Å². The summed E-state index contributed by atoms with van der Waals surface area (Å²) >= 11 is 1.74. The number of rotatable bonds is 9. The number of esters is 1. The van der Waals surface area contributed by atoms with Gasteiger partial charge in [0.05, 0.1) is 23.5 Å². The molecule has 0 saturated carbocycles. The zero-order valence-electron chi connectivity index (χ0n) is 14.8. The summed E-state index contributed by atoms with van der Waals surface area (Å²) < 4.78 is 103. The van der Waals surface area contributed by atoms with E-state index < -0.39 is 30.7 Å². The van der Waals surface area contributed by atoms with Gasteiger partial charge in [0.1, 0.15) is 0 Å². The molecule has 0 unspecified atom stereocenters. The third kappa shape index (κ3) is 6.24. The summed E-state index contributed by atoms with van der Waals surface area (Å²) in [5, 5.41) is 2.76. The number of ether oxygens (including phenoxy) is 3. The SMILES string of the molecule is CCOC(=O)COc1c(I)cc(/C=N/NC(F)(F)C(F)(F)C(F)(F)F)cc1OC. The summed E-state index contributed by atoms with van der Waals surface area (Å²) in [5.74, 6) is -6.88. The molecule has 164 valence electrons. The third-order valence-corrected chi connectivity index (χ3v) is 3.86. The number of carbonyl (C=O) groups is 1. The molecule has 0 aliphatic rings. The third-order valence-electron chi connectivity index (χ3n) is 3.06. The molecule has 14 heteroatoms. The zero-order valence-corrected chi connectivity index (χ0v) is 16.9. The van der Waals surface area contributed by atoms with Crippen molar-refractivity contribution in [2.24, 2.45) is 5.10 Å². The Morgan fingerprint density at radius 1 is 1.21 bits per heavy atom. The summed E-state index contributed by atoms with van der Waals surface area (Å²) in [6.07, 6.45) is -5.89. The maximum Gasteiger partial charge on any atom is 0.462 e. The number of hydrogen-bond donors (Lipinski definition) is 1. The monoisotopic (exact) mass is 546 g/mol. The largest absolute Gasteiger partial charge is 0.493 e. The molecule has 0 amide bonds. The fourth-order valence-corrected chi connectivity index (χ4v) is 2.51. The van der Waals surface area contributed by atoms with E-state index in [4.69, 9.17) is 9.47 Å². The minimum atomic E-state index is -6.48. The number of nitrogens with one attached hydrogen (secondary N) is 1. The van der Waals surface area contributed by atoms with E-state index in [-0.39, 0.29) is 23.7 Å². The van der Waals surface area contributed by atoms with Crippen LogP contribution in [0.5, 0.6) is 11.5 Å². The van der Waals surface area contributed by atoms with E-state index in [0.717, 1.165) is 0 Å². The highest BCUT2D eigenvalue weighted by atomic mass is 127. The Labute approximate surface area is 173 Å². The molecule has 0 fully saturated rings. The summed E-state index contributed by atoms with van der Waals surface area (Å²) in [7, 11) is 1.22. The van der Waals surface area contributed by atoms with Gasteiger partial charge in [-0.05, 0) is 47.2 Å². The van der Waals surface area contributed by atoms with Gasteiger partial charge >= 0.3 is 24.1 Å². The van der Waals surface area contributed by atoms with Crippen LogP contribution in [0, 0.1) is 3.57 Å². The van der Waals surface area contributed by atoms with E-state index in [1.165, 1.54) is 19.2 Å². The average Bonchev–Trinajstić information content (AvgIpc) is 2.59. The van der Waals surface area contributed by atoms with Crippen LogP contribution in [-0.4, -0.2) is 50.7 Å². The number of hydrogen-bond acceptors (Lipinski definition) is 6. The summed E-state index contributed by atoms with van der Waals surface area (Å²) in [6, 6.07) is -3.23. The van der Waals surface area contributed by atoms with Gasteiger partial charge in [0.25, 0.3) is 0 Å². The molecule has 0 heterocycles. The molecule has 6 nitrogen and oxygen atoms in total. The number of halogens is 8. The van der Waals surface area contributed by atoms with Crippen LogP contribution < -0.4 is 14.9 Å². The molecule has 0 spiro atoms. The second-order valence-electron chi connectivity index (χ2n) is 5.14. The molecule has 0 saturated heterocycles. The van der Waals surface area contributed by atoms with Crippen LogP contribution in [0.1, 0.15) is 12.5 Å². The Kier molecular flexibility index (Phi) is 8.35. The Morgan fingerprint density at radius 2 is 1.83 bits per heavy atom. The number of hydrazone groups is 1. The van der Waals surface area contributed by atoms with E-state index in [2.05, 4.69) is 9.84 Å². The first-order valence-electron chi connectivity index (χ1n) is 7.55. The van der Waals surface area contributed by atoms with Gasteiger partial charge in [0, 0.05) is 0 Å². The first-order valence-corrected chi connectivity index (χ1v) is 8.63. The van der Waals surface area contributed by atoms with Crippen LogP contribution in [0.15, 0.2) is 17.2 Å². The Hall–Kier alpha value is -2.00. The van der Waals surface area contributed by atoms with Crippen molar-refractivity contribution in [2.45, 2.75) is 25.1 Å². The van der Waals surface area contributed by atoms with Gasteiger partial charge in [-0.3, -0.25) is 0 Å². The molecule has 1 aromatic carbocycles. The molecule has 0 aromatic heterocycles. The van der Waals surface area contributed by atoms with Gasteiger partial charge in [-0.15, -0.1) is 0 Å². The van der Waals surface area contributed by atoms with Gasteiger partial charge in [-0.25, -0.2) is 10.2 Å². The standard InChI is InChI=1S/C15H14F7IN2O4/c1-3-28-11(26)7-29-12-9(23)4-8(5-10(12)27-2)6-24-25-15(21,22)13(16,17)14(18,19)20/h4-6,25H,3,7H2,1-2H3/b24-6+. The molecule has 0 atom stereocenters.